The molecule has 1 aromatic heterocycles. The molecule has 1 unspecified atom stereocenters. The van der Waals surface area contributed by atoms with Crippen molar-refractivity contribution in [3.63, 3.8) is 0 Å². The van der Waals surface area contributed by atoms with E-state index in [1.165, 1.54) is 29.0 Å². The lowest BCUT2D eigenvalue weighted by Gasteiger charge is -2.26. The van der Waals surface area contributed by atoms with Gasteiger partial charge in [0.05, 0.1) is 11.9 Å². The van der Waals surface area contributed by atoms with E-state index in [0.717, 1.165) is 31.4 Å². The van der Waals surface area contributed by atoms with Crippen LogP contribution in [0.1, 0.15) is 35.2 Å². The summed E-state index contributed by atoms with van der Waals surface area (Å²) in [6.45, 7) is 1.08. The number of piperidine rings is 1. The van der Waals surface area contributed by atoms with Gasteiger partial charge in [0.25, 0.3) is 15.9 Å². The van der Waals surface area contributed by atoms with Gasteiger partial charge in [-0.3, -0.25) is 4.79 Å². The lowest BCUT2D eigenvalue weighted by atomic mass is 9.92. The maximum atomic E-state index is 13.0. The van der Waals surface area contributed by atoms with E-state index < -0.39 is 27.7 Å². The van der Waals surface area contributed by atoms with Crippen LogP contribution in [0, 0.1) is 23.2 Å². The van der Waals surface area contributed by atoms with Gasteiger partial charge in [0.15, 0.2) is 5.03 Å². The average Bonchev–Trinajstić information content (AvgIpc) is 3.52. The number of hydrogen-bond acceptors (Lipinski definition) is 4. The van der Waals surface area contributed by atoms with Crippen LogP contribution in [0.15, 0.2) is 41.8 Å². The van der Waals surface area contributed by atoms with Crippen molar-refractivity contribution >= 4 is 15.9 Å². The number of hydrogen-bond donors (Lipinski definition) is 1. The summed E-state index contributed by atoms with van der Waals surface area (Å²) in [6.07, 6.45) is 1.57. The normalized spacial score (nSPS) is 27.4. The second kappa shape index (κ2) is 7.56. The molecule has 1 amide bonds. The summed E-state index contributed by atoms with van der Waals surface area (Å²) < 4.78 is 67.8. The number of aromatic nitrogens is 2. The number of rotatable bonds is 7. The number of amides is 1. The Kier molecular flexibility index (Phi) is 5.13. The van der Waals surface area contributed by atoms with E-state index in [-0.39, 0.29) is 27.8 Å². The highest BCUT2D eigenvalue weighted by Crippen LogP contribution is 2.67. The van der Waals surface area contributed by atoms with Crippen LogP contribution >= 0.6 is 0 Å². The maximum Gasteiger partial charge on any atom is 0.416 e. The van der Waals surface area contributed by atoms with Gasteiger partial charge in [-0.1, -0.05) is 18.9 Å². The Balaban J connectivity index is 1.27. The van der Waals surface area contributed by atoms with E-state index >= 15 is 0 Å². The molecule has 1 aromatic carbocycles. The van der Waals surface area contributed by atoms with Crippen molar-refractivity contribution < 1.29 is 26.4 Å². The van der Waals surface area contributed by atoms with Crippen molar-refractivity contribution in [2.24, 2.45) is 30.2 Å². The molecule has 5 rings (SSSR count). The van der Waals surface area contributed by atoms with Crippen molar-refractivity contribution in [2.75, 3.05) is 19.6 Å². The molecule has 2 aliphatic carbocycles. The van der Waals surface area contributed by atoms with Crippen molar-refractivity contribution in [1.29, 1.82) is 0 Å². The monoisotopic (exact) mass is 482 g/mol. The van der Waals surface area contributed by atoms with Crippen molar-refractivity contribution in [3.8, 4) is 0 Å². The van der Waals surface area contributed by atoms with Crippen LogP contribution in [0.3, 0.4) is 0 Å². The van der Waals surface area contributed by atoms with Crippen LogP contribution in [-0.2, 0) is 23.2 Å². The van der Waals surface area contributed by atoms with E-state index in [1.54, 1.807) is 11.6 Å². The van der Waals surface area contributed by atoms with Crippen molar-refractivity contribution in [1.82, 2.24) is 19.2 Å². The molecular weight excluding hydrogens is 457 g/mol. The first-order chi connectivity index (χ1) is 15.5. The van der Waals surface area contributed by atoms with Gasteiger partial charge in [-0.05, 0) is 47.8 Å². The summed E-state index contributed by atoms with van der Waals surface area (Å²) in [7, 11) is -1.96. The molecule has 1 aliphatic heterocycles. The largest absolute Gasteiger partial charge is 0.416 e. The van der Waals surface area contributed by atoms with Gasteiger partial charge in [0.1, 0.15) is 0 Å². The molecule has 2 aromatic rings. The van der Waals surface area contributed by atoms with Crippen molar-refractivity contribution in [2.45, 2.75) is 30.5 Å². The third kappa shape index (κ3) is 4.05. The Morgan fingerprint density at radius 2 is 1.94 bits per heavy atom. The van der Waals surface area contributed by atoms with Gasteiger partial charge in [0, 0.05) is 38.4 Å². The summed E-state index contributed by atoms with van der Waals surface area (Å²) in [5, 5.41) is 2.87. The number of nitrogens with zero attached hydrogens (tertiary/aromatic N) is 3. The quantitative estimate of drug-likeness (QED) is 0.658. The van der Waals surface area contributed by atoms with Crippen LogP contribution < -0.4 is 5.32 Å². The van der Waals surface area contributed by atoms with E-state index in [9.17, 15) is 26.4 Å². The Hall–Kier alpha value is -2.40. The second-order valence-corrected chi connectivity index (χ2v) is 11.4. The van der Waals surface area contributed by atoms with E-state index in [2.05, 4.69) is 10.3 Å². The zero-order valence-electron chi connectivity index (χ0n) is 18.0. The first-order valence-corrected chi connectivity index (χ1v) is 12.4. The molecule has 0 bridgehead atoms. The van der Waals surface area contributed by atoms with Gasteiger partial charge in [-0.25, -0.2) is 13.4 Å². The van der Waals surface area contributed by atoms with Crippen LogP contribution in [0.5, 0.6) is 0 Å². The van der Waals surface area contributed by atoms with Crippen molar-refractivity contribution in [3.05, 3.63) is 47.9 Å². The number of benzene rings is 1. The molecule has 1 saturated heterocycles. The molecule has 7 nitrogen and oxygen atoms in total. The minimum Gasteiger partial charge on any atom is -0.351 e. The smallest absolute Gasteiger partial charge is 0.351 e. The average molecular weight is 483 g/mol. The van der Waals surface area contributed by atoms with Crippen LogP contribution in [0.2, 0.25) is 0 Å². The molecule has 3 aliphatic rings. The SMILES string of the molecule is Cn1cnc(S(=O)(=O)N2C[C@@H]3[C@H](C2)C3(CNC(=O)c2cccc(C(F)(F)F)c2)CC2CC2)c1. The van der Waals surface area contributed by atoms with Gasteiger partial charge < -0.3 is 9.88 Å². The molecule has 3 atom stereocenters. The van der Waals surface area contributed by atoms with Gasteiger partial charge in [-0.15, -0.1) is 0 Å². The predicted molar refractivity (Wildman–Crippen MR) is 112 cm³/mol. The molecule has 0 spiro atoms. The van der Waals surface area contributed by atoms with E-state index in [1.807, 2.05) is 0 Å². The Morgan fingerprint density at radius 3 is 2.52 bits per heavy atom. The van der Waals surface area contributed by atoms with E-state index in [4.69, 9.17) is 0 Å². The number of carbonyl (C=O) groups is 1. The van der Waals surface area contributed by atoms with Gasteiger partial charge in [-0.2, -0.15) is 17.5 Å². The summed E-state index contributed by atoms with van der Waals surface area (Å²) in [5.74, 6) is 0.276. The summed E-state index contributed by atoms with van der Waals surface area (Å²) >= 11 is 0. The molecule has 0 radical (unpaired) electrons. The summed E-state index contributed by atoms with van der Waals surface area (Å²) in [5.41, 5.74) is -1.09. The molecular formula is C22H25F3N4O3S. The standard InChI is InChI=1S/C22H25F3N4O3S/c1-28-11-19(27-13-28)33(31,32)29-9-17-18(10-29)21(17,8-14-5-6-14)12-26-20(30)15-3-2-4-16(7-15)22(23,24)25/h2-4,7,11,13-14,17-18H,5-6,8-10,12H2,1H3,(H,26,30)/t17-,18+,21?. The fourth-order valence-electron chi connectivity index (χ4n) is 5.33. The second-order valence-electron chi connectivity index (χ2n) is 9.55. The van der Waals surface area contributed by atoms with Gasteiger partial charge >= 0.3 is 6.18 Å². The Morgan fingerprint density at radius 1 is 1.24 bits per heavy atom. The fraction of sp³-hybridized carbons (Fsp3) is 0.545. The molecule has 11 heteroatoms. The number of imidazole rings is 1. The summed E-state index contributed by atoms with van der Waals surface area (Å²) in [6, 6.07) is 4.39. The number of halogens is 3. The Bertz CT molecular complexity index is 1180. The highest BCUT2D eigenvalue weighted by molar-refractivity contribution is 7.89. The predicted octanol–water partition coefficient (Wildman–Crippen LogP) is 2.91. The number of nitrogens with one attached hydrogen (secondary N) is 1. The van der Waals surface area contributed by atoms with Crippen LogP contribution in [0.4, 0.5) is 13.2 Å². The number of sulfonamides is 1. The molecule has 2 saturated carbocycles. The number of aryl methyl sites for hydroxylation is 1. The van der Waals surface area contributed by atoms with E-state index in [0.29, 0.717) is 25.6 Å². The first kappa shape index (κ1) is 22.4. The topological polar surface area (TPSA) is 84.3 Å². The molecule has 3 fully saturated rings. The molecule has 2 heterocycles. The third-order valence-corrected chi connectivity index (χ3v) is 9.05. The van der Waals surface area contributed by atoms with Crippen LogP contribution in [-0.4, -0.2) is 47.8 Å². The third-order valence-electron chi connectivity index (χ3n) is 7.34. The van der Waals surface area contributed by atoms with Gasteiger partial charge in [0.2, 0.25) is 0 Å². The Labute approximate surface area is 190 Å². The first-order valence-electron chi connectivity index (χ1n) is 10.9. The number of alkyl halides is 3. The van der Waals surface area contributed by atoms with Crippen LogP contribution in [0.25, 0.3) is 0 Å². The highest BCUT2D eigenvalue weighted by atomic mass is 32.2. The molecule has 1 N–H and O–H groups in total. The molecule has 33 heavy (non-hydrogen) atoms. The lowest BCUT2D eigenvalue weighted by Crippen LogP contribution is -2.39. The number of fused-ring (bicyclic) bond motifs is 1. The minimum absolute atomic E-state index is 0.0249. The molecule has 178 valence electrons. The zero-order valence-corrected chi connectivity index (χ0v) is 18.9. The fourth-order valence-corrected chi connectivity index (χ4v) is 6.79. The maximum absolute atomic E-state index is 13.0. The highest BCUT2D eigenvalue weighted by Gasteiger charge is 2.69. The zero-order chi connectivity index (χ0) is 23.6. The number of carbonyl (C=O) groups excluding carboxylic acids is 1. The summed E-state index contributed by atoms with van der Waals surface area (Å²) in [4.78, 5) is 16.6. The minimum atomic E-state index is -4.51. The lowest BCUT2D eigenvalue weighted by molar-refractivity contribution is -0.137.